The van der Waals surface area contributed by atoms with Crippen molar-refractivity contribution in [3.05, 3.63) is 48.3 Å². The zero-order chi connectivity index (χ0) is 16.9. The van der Waals surface area contributed by atoms with Crippen molar-refractivity contribution in [1.29, 1.82) is 0 Å². The van der Waals surface area contributed by atoms with Gasteiger partial charge in [0.05, 0.1) is 5.56 Å². The number of nitrogens with one attached hydrogen (secondary N) is 2. The maximum Gasteiger partial charge on any atom is 0.253 e. The van der Waals surface area contributed by atoms with Crippen molar-refractivity contribution in [2.45, 2.75) is 18.9 Å². The Kier molecular flexibility index (Phi) is 5.11. The van der Waals surface area contributed by atoms with Gasteiger partial charge in [0, 0.05) is 43.8 Å². The number of amides is 1. The number of rotatable bonds is 4. The van der Waals surface area contributed by atoms with E-state index in [4.69, 9.17) is 0 Å². The zero-order valence-electron chi connectivity index (χ0n) is 14.2. The third-order valence-electron chi connectivity index (χ3n) is 4.39. The molecule has 1 fully saturated rings. The van der Waals surface area contributed by atoms with Crippen LogP contribution in [0.4, 0.5) is 5.69 Å². The number of piperidine rings is 1. The molecule has 5 heteroatoms. The topological polar surface area (TPSA) is 57.3 Å². The molecule has 1 aromatic heterocycles. The minimum atomic E-state index is -0.0406. The summed E-state index contributed by atoms with van der Waals surface area (Å²) >= 11 is 0. The van der Waals surface area contributed by atoms with Gasteiger partial charge in [0.15, 0.2) is 0 Å². The summed E-state index contributed by atoms with van der Waals surface area (Å²) in [7, 11) is 4.03. The molecular formula is C19H24N4O. The Bertz CT molecular complexity index is 691. The van der Waals surface area contributed by atoms with Crippen LogP contribution in [0.1, 0.15) is 23.2 Å². The number of benzene rings is 1. The van der Waals surface area contributed by atoms with Gasteiger partial charge in [0.2, 0.25) is 0 Å². The Morgan fingerprint density at radius 2 is 1.83 bits per heavy atom. The molecule has 126 valence electrons. The van der Waals surface area contributed by atoms with Gasteiger partial charge in [-0.05, 0) is 49.7 Å². The highest BCUT2D eigenvalue weighted by atomic mass is 16.1. The summed E-state index contributed by atoms with van der Waals surface area (Å²) in [6, 6.07) is 10.4. The first-order valence-electron chi connectivity index (χ1n) is 8.38. The number of aromatic nitrogens is 1. The predicted octanol–water partition coefficient (Wildman–Crippen LogP) is 2.30. The third kappa shape index (κ3) is 3.92. The van der Waals surface area contributed by atoms with Crippen LogP contribution in [0.5, 0.6) is 0 Å². The summed E-state index contributed by atoms with van der Waals surface area (Å²) < 4.78 is 0. The van der Waals surface area contributed by atoms with Gasteiger partial charge in [0.1, 0.15) is 0 Å². The lowest BCUT2D eigenvalue weighted by Crippen LogP contribution is -2.42. The molecule has 0 saturated carbocycles. The van der Waals surface area contributed by atoms with E-state index >= 15 is 0 Å². The molecule has 1 aliphatic heterocycles. The molecule has 5 nitrogen and oxygen atoms in total. The van der Waals surface area contributed by atoms with Gasteiger partial charge in [-0.1, -0.05) is 12.1 Å². The van der Waals surface area contributed by atoms with Crippen molar-refractivity contribution in [3.8, 4) is 11.1 Å². The molecule has 0 radical (unpaired) electrons. The molecule has 0 unspecified atom stereocenters. The first-order chi connectivity index (χ1) is 11.6. The van der Waals surface area contributed by atoms with Crippen LogP contribution in [0.3, 0.4) is 0 Å². The van der Waals surface area contributed by atoms with E-state index in [1.165, 1.54) is 0 Å². The van der Waals surface area contributed by atoms with Gasteiger partial charge in [0.25, 0.3) is 5.91 Å². The van der Waals surface area contributed by atoms with Crippen LogP contribution in [0.25, 0.3) is 11.1 Å². The Morgan fingerprint density at radius 1 is 1.12 bits per heavy atom. The normalized spacial score (nSPS) is 15.1. The van der Waals surface area contributed by atoms with Crippen LogP contribution in [-0.4, -0.2) is 44.1 Å². The molecule has 24 heavy (non-hydrogen) atoms. The molecule has 1 amide bonds. The standard InChI is InChI=1S/C19H24N4O/c1-23(2)18-5-3-14(4-6-18)15-11-16(13-21-12-15)19(24)22-17-7-9-20-10-8-17/h3-6,11-13,17,20H,7-10H2,1-2H3,(H,22,24). The van der Waals surface area contributed by atoms with Crippen molar-refractivity contribution >= 4 is 11.6 Å². The van der Waals surface area contributed by atoms with E-state index in [9.17, 15) is 4.79 Å². The number of carbonyl (C=O) groups excluding carboxylic acids is 1. The summed E-state index contributed by atoms with van der Waals surface area (Å²) in [6.45, 7) is 1.92. The smallest absolute Gasteiger partial charge is 0.253 e. The predicted molar refractivity (Wildman–Crippen MR) is 97.4 cm³/mol. The third-order valence-corrected chi connectivity index (χ3v) is 4.39. The summed E-state index contributed by atoms with van der Waals surface area (Å²) in [5, 5.41) is 6.42. The molecule has 3 rings (SSSR count). The highest BCUT2D eigenvalue weighted by Crippen LogP contribution is 2.22. The molecule has 0 bridgehead atoms. The fraction of sp³-hybridized carbons (Fsp3) is 0.368. The Labute approximate surface area is 143 Å². The van der Waals surface area contributed by atoms with Crippen molar-refractivity contribution in [1.82, 2.24) is 15.6 Å². The zero-order valence-corrected chi connectivity index (χ0v) is 14.2. The molecule has 1 aliphatic rings. The molecular weight excluding hydrogens is 300 g/mol. The fourth-order valence-corrected chi connectivity index (χ4v) is 2.91. The van der Waals surface area contributed by atoms with Gasteiger partial charge in [-0.15, -0.1) is 0 Å². The summed E-state index contributed by atoms with van der Waals surface area (Å²) in [5.74, 6) is -0.0406. The lowest BCUT2D eigenvalue weighted by atomic mass is 10.0. The number of anilines is 1. The molecule has 0 spiro atoms. The molecule has 0 aliphatic carbocycles. The first kappa shape index (κ1) is 16.5. The van der Waals surface area contributed by atoms with E-state index in [2.05, 4.69) is 44.8 Å². The Morgan fingerprint density at radius 3 is 2.50 bits per heavy atom. The van der Waals surface area contributed by atoms with E-state index in [1.54, 1.807) is 12.4 Å². The SMILES string of the molecule is CN(C)c1ccc(-c2cncc(C(=O)NC3CCNCC3)c2)cc1. The lowest BCUT2D eigenvalue weighted by Gasteiger charge is -2.23. The number of nitrogens with zero attached hydrogens (tertiary/aromatic N) is 2. The molecule has 1 aromatic carbocycles. The van der Waals surface area contributed by atoms with E-state index < -0.39 is 0 Å². The molecule has 2 heterocycles. The minimum Gasteiger partial charge on any atom is -0.378 e. The Hall–Kier alpha value is -2.40. The fourth-order valence-electron chi connectivity index (χ4n) is 2.91. The van der Waals surface area contributed by atoms with E-state index in [0.29, 0.717) is 5.56 Å². The minimum absolute atomic E-state index is 0.0406. The maximum absolute atomic E-state index is 12.5. The number of hydrogen-bond acceptors (Lipinski definition) is 4. The highest BCUT2D eigenvalue weighted by molar-refractivity contribution is 5.95. The van der Waals surface area contributed by atoms with Crippen molar-refractivity contribution in [2.75, 3.05) is 32.1 Å². The monoisotopic (exact) mass is 324 g/mol. The van der Waals surface area contributed by atoms with Crippen LogP contribution in [0.15, 0.2) is 42.7 Å². The average Bonchev–Trinajstić information content (AvgIpc) is 2.63. The second-order valence-electron chi connectivity index (χ2n) is 6.40. The van der Waals surface area contributed by atoms with Gasteiger partial charge in [-0.3, -0.25) is 9.78 Å². The van der Waals surface area contributed by atoms with Gasteiger partial charge < -0.3 is 15.5 Å². The van der Waals surface area contributed by atoms with Crippen LogP contribution in [0.2, 0.25) is 0 Å². The molecule has 2 N–H and O–H groups in total. The number of carbonyl (C=O) groups is 1. The maximum atomic E-state index is 12.5. The van der Waals surface area contributed by atoms with E-state index in [1.807, 2.05) is 20.2 Å². The summed E-state index contributed by atoms with van der Waals surface area (Å²) in [6.07, 6.45) is 5.38. The lowest BCUT2D eigenvalue weighted by molar-refractivity contribution is 0.0929. The van der Waals surface area contributed by atoms with Crippen molar-refractivity contribution in [3.63, 3.8) is 0 Å². The second-order valence-corrected chi connectivity index (χ2v) is 6.40. The number of hydrogen-bond donors (Lipinski definition) is 2. The van der Waals surface area contributed by atoms with Crippen LogP contribution < -0.4 is 15.5 Å². The summed E-state index contributed by atoms with van der Waals surface area (Å²) in [4.78, 5) is 18.8. The van der Waals surface area contributed by atoms with Gasteiger partial charge >= 0.3 is 0 Å². The van der Waals surface area contributed by atoms with E-state index in [0.717, 1.165) is 42.7 Å². The van der Waals surface area contributed by atoms with Crippen LogP contribution in [-0.2, 0) is 0 Å². The quantitative estimate of drug-likeness (QED) is 0.906. The van der Waals surface area contributed by atoms with E-state index in [-0.39, 0.29) is 11.9 Å². The average molecular weight is 324 g/mol. The number of pyridine rings is 1. The van der Waals surface area contributed by atoms with Crippen molar-refractivity contribution < 1.29 is 4.79 Å². The van der Waals surface area contributed by atoms with Gasteiger partial charge in [-0.25, -0.2) is 0 Å². The molecule has 1 saturated heterocycles. The Balaban J connectivity index is 1.74. The molecule has 2 aromatic rings. The van der Waals surface area contributed by atoms with Crippen molar-refractivity contribution in [2.24, 2.45) is 0 Å². The highest BCUT2D eigenvalue weighted by Gasteiger charge is 2.16. The first-order valence-corrected chi connectivity index (χ1v) is 8.38. The van der Waals surface area contributed by atoms with Crippen LogP contribution in [0, 0.1) is 0 Å². The molecule has 0 atom stereocenters. The summed E-state index contributed by atoms with van der Waals surface area (Å²) in [5.41, 5.74) is 3.78. The second kappa shape index (κ2) is 7.45. The van der Waals surface area contributed by atoms with Crippen LogP contribution >= 0.6 is 0 Å². The van der Waals surface area contributed by atoms with Gasteiger partial charge in [-0.2, -0.15) is 0 Å². The largest absolute Gasteiger partial charge is 0.378 e.